The first kappa shape index (κ1) is 22.4. The van der Waals surface area contributed by atoms with Crippen LogP contribution in [0.2, 0.25) is 10.0 Å². The van der Waals surface area contributed by atoms with Gasteiger partial charge in [0.15, 0.2) is 0 Å². The van der Waals surface area contributed by atoms with Crippen molar-refractivity contribution in [3.63, 3.8) is 0 Å². The first-order valence-corrected chi connectivity index (χ1v) is 11.1. The van der Waals surface area contributed by atoms with Gasteiger partial charge in [-0.15, -0.1) is 0 Å². The third-order valence-corrected chi connectivity index (χ3v) is 6.97. The Labute approximate surface area is 196 Å². The van der Waals surface area contributed by atoms with E-state index in [1.165, 1.54) is 6.20 Å². The molecule has 0 bridgehead atoms. The molecule has 7 nitrogen and oxygen atoms in total. The van der Waals surface area contributed by atoms with Crippen LogP contribution in [0.15, 0.2) is 36.5 Å². The van der Waals surface area contributed by atoms with Crippen LogP contribution in [0.25, 0.3) is 0 Å². The average molecular weight is 473 g/mol. The number of amides is 2. The van der Waals surface area contributed by atoms with Gasteiger partial charge in [-0.1, -0.05) is 29.3 Å². The molecule has 1 aromatic heterocycles. The highest BCUT2D eigenvalue weighted by molar-refractivity contribution is 6.42. The van der Waals surface area contributed by atoms with E-state index >= 15 is 0 Å². The van der Waals surface area contributed by atoms with Gasteiger partial charge in [0.2, 0.25) is 18.2 Å². The van der Waals surface area contributed by atoms with E-state index in [0.717, 1.165) is 12.0 Å². The summed E-state index contributed by atoms with van der Waals surface area (Å²) in [7, 11) is 0. The Bertz CT molecular complexity index is 1050. The van der Waals surface area contributed by atoms with E-state index in [2.05, 4.69) is 4.98 Å². The Morgan fingerprint density at radius 3 is 2.62 bits per heavy atom. The molecule has 1 aromatic carbocycles. The molecule has 2 saturated heterocycles. The summed E-state index contributed by atoms with van der Waals surface area (Å²) in [5, 5.41) is 9.91. The summed E-state index contributed by atoms with van der Waals surface area (Å²) in [4.78, 5) is 31.6. The molecule has 0 N–H and O–H groups in total. The number of aromatic nitrogens is 1. The van der Waals surface area contributed by atoms with E-state index in [4.69, 9.17) is 33.2 Å². The van der Waals surface area contributed by atoms with Crippen molar-refractivity contribution >= 4 is 35.5 Å². The number of rotatable bonds is 6. The number of halogens is 2. The van der Waals surface area contributed by atoms with E-state index in [9.17, 15) is 9.59 Å². The summed E-state index contributed by atoms with van der Waals surface area (Å²) in [5.41, 5.74) is 1.45. The van der Waals surface area contributed by atoms with Crippen LogP contribution in [-0.4, -0.2) is 59.4 Å². The smallest absolute Gasteiger partial charge is 0.229 e. The molecule has 0 saturated carbocycles. The fraction of sp³-hybridized carbons (Fsp3) is 0.391. The molecule has 32 heavy (non-hydrogen) atoms. The quantitative estimate of drug-likeness (QED) is 0.601. The molecular weight excluding hydrogens is 451 g/mol. The lowest BCUT2D eigenvalue weighted by Gasteiger charge is -2.37. The minimum Gasteiger partial charge on any atom is -0.474 e. The van der Waals surface area contributed by atoms with Crippen molar-refractivity contribution in [1.82, 2.24) is 14.8 Å². The summed E-state index contributed by atoms with van der Waals surface area (Å²) in [6.45, 7) is 3.94. The van der Waals surface area contributed by atoms with Crippen LogP contribution < -0.4 is 4.74 Å². The lowest BCUT2D eigenvalue weighted by atomic mass is 9.86. The second kappa shape index (κ2) is 9.35. The number of pyridine rings is 1. The number of nitrogens with zero attached hydrogens (tertiary/aromatic N) is 4. The van der Waals surface area contributed by atoms with E-state index in [0.29, 0.717) is 47.7 Å². The second-order valence-corrected chi connectivity index (χ2v) is 9.08. The van der Waals surface area contributed by atoms with Gasteiger partial charge < -0.3 is 14.5 Å². The topological polar surface area (TPSA) is 86.5 Å². The maximum Gasteiger partial charge on any atom is 0.229 e. The molecule has 0 radical (unpaired) electrons. The molecule has 0 aliphatic carbocycles. The molecule has 1 unspecified atom stereocenters. The SMILES string of the molecule is C[C@H](Oc1ccc(C#N)cn1)C1CN(C(=O)C2CN(C=O)C2)C[C@@H]1c1ccc(Cl)c(Cl)c1. The fourth-order valence-electron chi connectivity index (χ4n) is 4.39. The molecule has 0 spiro atoms. The highest BCUT2D eigenvalue weighted by Crippen LogP contribution is 2.39. The van der Waals surface area contributed by atoms with Crippen molar-refractivity contribution in [2.24, 2.45) is 11.8 Å². The van der Waals surface area contributed by atoms with Crippen LogP contribution in [0.1, 0.15) is 24.0 Å². The molecule has 2 aliphatic heterocycles. The highest BCUT2D eigenvalue weighted by Gasteiger charge is 2.43. The molecule has 3 atom stereocenters. The zero-order valence-corrected chi connectivity index (χ0v) is 19.0. The number of carbonyl (C=O) groups is 2. The van der Waals surface area contributed by atoms with Crippen LogP contribution in [0.4, 0.5) is 0 Å². The molecule has 2 aromatic rings. The zero-order valence-electron chi connectivity index (χ0n) is 17.4. The lowest BCUT2D eigenvalue weighted by molar-refractivity contribution is -0.143. The van der Waals surface area contributed by atoms with Crippen LogP contribution in [0.3, 0.4) is 0 Å². The van der Waals surface area contributed by atoms with Crippen molar-refractivity contribution in [2.45, 2.75) is 18.9 Å². The highest BCUT2D eigenvalue weighted by atomic mass is 35.5. The van der Waals surface area contributed by atoms with Gasteiger partial charge in [0.25, 0.3) is 0 Å². The molecular formula is C23H22Cl2N4O3. The molecule has 4 rings (SSSR count). The number of likely N-dealkylation sites (tertiary alicyclic amines) is 2. The predicted molar refractivity (Wildman–Crippen MR) is 119 cm³/mol. The predicted octanol–water partition coefficient (Wildman–Crippen LogP) is 3.36. The summed E-state index contributed by atoms with van der Waals surface area (Å²) >= 11 is 12.4. The Kier molecular flexibility index (Phi) is 6.54. The van der Waals surface area contributed by atoms with E-state index in [-0.39, 0.29) is 29.8 Å². The van der Waals surface area contributed by atoms with Crippen molar-refractivity contribution in [3.05, 3.63) is 57.7 Å². The van der Waals surface area contributed by atoms with Crippen LogP contribution in [0, 0.1) is 23.2 Å². The van der Waals surface area contributed by atoms with E-state index < -0.39 is 0 Å². The average Bonchev–Trinajstić information content (AvgIpc) is 3.21. The van der Waals surface area contributed by atoms with Gasteiger partial charge >= 0.3 is 0 Å². The molecule has 166 valence electrons. The maximum absolute atomic E-state index is 13.0. The van der Waals surface area contributed by atoms with Crippen molar-refractivity contribution in [1.29, 1.82) is 5.26 Å². The van der Waals surface area contributed by atoms with Gasteiger partial charge in [0.1, 0.15) is 12.2 Å². The number of hydrogen-bond acceptors (Lipinski definition) is 5. The van der Waals surface area contributed by atoms with Crippen molar-refractivity contribution in [2.75, 3.05) is 26.2 Å². The van der Waals surface area contributed by atoms with Crippen LogP contribution >= 0.6 is 23.2 Å². The molecule has 2 fully saturated rings. The molecule has 9 heteroatoms. The first-order valence-electron chi connectivity index (χ1n) is 10.4. The van der Waals surface area contributed by atoms with Crippen LogP contribution in [-0.2, 0) is 9.59 Å². The number of ether oxygens (including phenoxy) is 1. The van der Waals surface area contributed by atoms with Gasteiger partial charge in [0, 0.05) is 50.3 Å². The Morgan fingerprint density at radius 2 is 2.00 bits per heavy atom. The normalized spacial score (nSPS) is 21.6. The third kappa shape index (κ3) is 4.52. The Morgan fingerprint density at radius 1 is 1.22 bits per heavy atom. The molecule has 2 aliphatic rings. The van der Waals surface area contributed by atoms with Gasteiger partial charge in [0.05, 0.1) is 21.5 Å². The third-order valence-electron chi connectivity index (χ3n) is 6.23. The van der Waals surface area contributed by atoms with Gasteiger partial charge in [-0.25, -0.2) is 4.98 Å². The molecule has 3 heterocycles. The zero-order chi connectivity index (χ0) is 22.8. The Balaban J connectivity index is 1.54. The number of hydrogen-bond donors (Lipinski definition) is 0. The first-order chi connectivity index (χ1) is 15.4. The monoisotopic (exact) mass is 472 g/mol. The number of benzene rings is 1. The van der Waals surface area contributed by atoms with E-state index in [1.807, 2.05) is 30.0 Å². The Hall–Kier alpha value is -2.82. The maximum atomic E-state index is 13.0. The minimum absolute atomic E-state index is 0.00381. The number of carbonyl (C=O) groups excluding carboxylic acids is 2. The van der Waals surface area contributed by atoms with Crippen molar-refractivity contribution < 1.29 is 14.3 Å². The number of nitriles is 1. The van der Waals surface area contributed by atoms with Gasteiger partial charge in [-0.05, 0) is 30.7 Å². The summed E-state index contributed by atoms with van der Waals surface area (Å²) < 4.78 is 6.09. The van der Waals surface area contributed by atoms with Crippen molar-refractivity contribution in [3.8, 4) is 11.9 Å². The summed E-state index contributed by atoms with van der Waals surface area (Å²) in [6, 6.07) is 10.9. The largest absolute Gasteiger partial charge is 0.474 e. The lowest BCUT2D eigenvalue weighted by Crippen LogP contribution is -2.53. The second-order valence-electron chi connectivity index (χ2n) is 8.26. The summed E-state index contributed by atoms with van der Waals surface area (Å²) in [5.74, 6) is 0.319. The van der Waals surface area contributed by atoms with Gasteiger partial charge in [-0.3, -0.25) is 9.59 Å². The summed E-state index contributed by atoms with van der Waals surface area (Å²) in [6.07, 6.45) is 1.99. The van der Waals surface area contributed by atoms with E-state index in [1.54, 1.807) is 23.1 Å². The van der Waals surface area contributed by atoms with Crippen LogP contribution in [0.5, 0.6) is 5.88 Å². The molecule has 2 amide bonds. The van der Waals surface area contributed by atoms with Gasteiger partial charge in [-0.2, -0.15) is 5.26 Å². The minimum atomic E-state index is -0.249. The standard InChI is InChI=1S/C23H22Cl2N4O3/c1-14(32-22-5-2-15(7-26)8-27-22)18-11-29(23(31)17-9-28(10-17)13-30)12-19(18)16-3-4-20(24)21(25)6-16/h2-6,8,13-14,17-19H,9-12H2,1H3/t14-,18?,19+/m0/s1. The fourth-order valence-corrected chi connectivity index (χ4v) is 4.69.